The molecule has 4 rings (SSSR count). The van der Waals surface area contributed by atoms with Gasteiger partial charge in [0.05, 0.1) is 29.9 Å². The highest BCUT2D eigenvalue weighted by molar-refractivity contribution is 5.54. The van der Waals surface area contributed by atoms with Crippen molar-refractivity contribution in [2.45, 2.75) is 12.8 Å². The van der Waals surface area contributed by atoms with Crippen LogP contribution in [-0.4, -0.2) is 34.0 Å². The molecular formula is C15H14F2N4. The summed E-state index contributed by atoms with van der Waals surface area (Å²) in [7, 11) is 0. The number of aromatic nitrogens is 3. The van der Waals surface area contributed by atoms with E-state index < -0.39 is 17.8 Å². The van der Waals surface area contributed by atoms with Gasteiger partial charge in [-0.15, -0.1) is 0 Å². The fourth-order valence-corrected chi connectivity index (χ4v) is 3.00. The summed E-state index contributed by atoms with van der Waals surface area (Å²) in [5, 5.41) is 0. The minimum atomic E-state index is -2.46. The van der Waals surface area contributed by atoms with Crippen LogP contribution in [0, 0.1) is 18.8 Å². The molecule has 0 aromatic carbocycles. The Bertz CT molecular complexity index is 672. The van der Waals surface area contributed by atoms with Gasteiger partial charge in [-0.05, 0) is 19.1 Å². The summed E-state index contributed by atoms with van der Waals surface area (Å²) in [5.74, 6) is -2.81. The van der Waals surface area contributed by atoms with Crippen molar-refractivity contribution in [3.63, 3.8) is 0 Å². The van der Waals surface area contributed by atoms with Crippen LogP contribution < -0.4 is 4.90 Å². The normalized spacial score (nSPS) is 25.8. The largest absolute Gasteiger partial charge is 0.354 e. The van der Waals surface area contributed by atoms with E-state index in [-0.39, 0.29) is 0 Å². The van der Waals surface area contributed by atoms with Crippen LogP contribution in [0.3, 0.4) is 0 Å². The molecule has 2 unspecified atom stereocenters. The van der Waals surface area contributed by atoms with Crippen molar-refractivity contribution in [3.8, 4) is 11.4 Å². The summed E-state index contributed by atoms with van der Waals surface area (Å²) in [6.45, 7) is 2.66. The van der Waals surface area contributed by atoms with Crippen molar-refractivity contribution in [2.75, 3.05) is 18.0 Å². The minimum absolute atomic E-state index is 0.369. The zero-order valence-corrected chi connectivity index (χ0v) is 11.5. The van der Waals surface area contributed by atoms with E-state index in [1.807, 2.05) is 30.0 Å². The van der Waals surface area contributed by atoms with Gasteiger partial charge < -0.3 is 4.90 Å². The number of fused-ring (bicyclic) bond motifs is 1. The predicted octanol–water partition coefficient (Wildman–Crippen LogP) is 2.55. The number of piperidine rings is 1. The molecule has 3 heterocycles. The Morgan fingerprint density at radius 3 is 2.48 bits per heavy atom. The highest BCUT2D eigenvalue weighted by atomic mass is 19.3. The lowest BCUT2D eigenvalue weighted by Crippen LogP contribution is -2.28. The molecule has 2 aromatic rings. The maximum atomic E-state index is 13.2. The van der Waals surface area contributed by atoms with Gasteiger partial charge >= 0.3 is 0 Å². The summed E-state index contributed by atoms with van der Waals surface area (Å²) in [6.07, 6.45) is 3.29. The number of aryl methyl sites for hydroxylation is 1. The second-order valence-electron chi connectivity index (χ2n) is 5.72. The maximum Gasteiger partial charge on any atom is 0.258 e. The number of halogens is 2. The van der Waals surface area contributed by atoms with Gasteiger partial charge in [-0.25, -0.2) is 18.7 Å². The molecule has 108 valence electrons. The van der Waals surface area contributed by atoms with Crippen LogP contribution in [0.15, 0.2) is 30.6 Å². The van der Waals surface area contributed by atoms with Gasteiger partial charge in [0.15, 0.2) is 0 Å². The third kappa shape index (κ3) is 1.97. The molecule has 1 saturated heterocycles. The van der Waals surface area contributed by atoms with Crippen LogP contribution >= 0.6 is 0 Å². The van der Waals surface area contributed by atoms with Crippen molar-refractivity contribution in [3.05, 3.63) is 36.3 Å². The molecule has 0 bridgehead atoms. The molecule has 2 fully saturated rings. The Morgan fingerprint density at radius 2 is 1.86 bits per heavy atom. The Kier molecular flexibility index (Phi) is 2.52. The molecule has 2 aliphatic rings. The van der Waals surface area contributed by atoms with E-state index in [0.29, 0.717) is 24.6 Å². The molecule has 6 heteroatoms. The summed E-state index contributed by atoms with van der Waals surface area (Å²) in [6, 6.07) is 5.72. The zero-order chi connectivity index (χ0) is 14.6. The standard InChI is InChI=1S/C15H14F2N4/c1-9-3-2-4-12(20-9)13-5-19-14(6-18-13)21-7-10-11(8-21)15(10,16)17/h2-6,10-11H,7-8H2,1H3. The fourth-order valence-electron chi connectivity index (χ4n) is 3.00. The number of rotatable bonds is 2. The summed E-state index contributed by atoms with van der Waals surface area (Å²) < 4.78 is 26.4. The van der Waals surface area contributed by atoms with E-state index in [1.165, 1.54) is 0 Å². The number of hydrogen-bond acceptors (Lipinski definition) is 4. The van der Waals surface area contributed by atoms with Gasteiger partial charge in [-0.1, -0.05) is 6.07 Å². The lowest BCUT2D eigenvalue weighted by molar-refractivity contribution is 0.0797. The van der Waals surface area contributed by atoms with E-state index in [9.17, 15) is 8.78 Å². The summed E-state index contributed by atoms with van der Waals surface area (Å²) in [4.78, 5) is 15.0. The van der Waals surface area contributed by atoms with Gasteiger partial charge in [0, 0.05) is 18.8 Å². The van der Waals surface area contributed by atoms with Gasteiger partial charge in [0.1, 0.15) is 11.5 Å². The topological polar surface area (TPSA) is 41.9 Å². The molecule has 2 aromatic heterocycles. The lowest BCUT2D eigenvalue weighted by atomic mass is 10.2. The number of anilines is 1. The molecule has 1 saturated carbocycles. The molecule has 0 amide bonds. The van der Waals surface area contributed by atoms with E-state index >= 15 is 0 Å². The number of hydrogen-bond donors (Lipinski definition) is 0. The highest BCUT2D eigenvalue weighted by Gasteiger charge is 2.71. The first kappa shape index (κ1) is 12.6. The third-order valence-electron chi connectivity index (χ3n) is 4.31. The second-order valence-corrected chi connectivity index (χ2v) is 5.72. The fraction of sp³-hybridized carbons (Fsp3) is 0.400. The molecule has 2 atom stereocenters. The Balaban J connectivity index is 1.53. The van der Waals surface area contributed by atoms with Gasteiger partial charge in [0.2, 0.25) is 0 Å². The molecule has 4 nitrogen and oxygen atoms in total. The minimum Gasteiger partial charge on any atom is -0.354 e. The number of pyridine rings is 1. The van der Waals surface area contributed by atoms with Gasteiger partial charge in [0.25, 0.3) is 5.92 Å². The van der Waals surface area contributed by atoms with Crippen molar-refractivity contribution < 1.29 is 8.78 Å². The Morgan fingerprint density at radius 1 is 1.10 bits per heavy atom. The molecule has 21 heavy (non-hydrogen) atoms. The maximum absolute atomic E-state index is 13.2. The van der Waals surface area contributed by atoms with E-state index in [4.69, 9.17) is 0 Å². The van der Waals surface area contributed by atoms with Crippen molar-refractivity contribution in [2.24, 2.45) is 11.8 Å². The first-order valence-corrected chi connectivity index (χ1v) is 6.94. The lowest BCUT2D eigenvalue weighted by Gasteiger charge is -2.20. The molecular weight excluding hydrogens is 274 g/mol. The Hall–Kier alpha value is -2.11. The Labute approximate surface area is 120 Å². The van der Waals surface area contributed by atoms with Gasteiger partial charge in [-0.3, -0.25) is 4.98 Å². The van der Waals surface area contributed by atoms with Gasteiger partial charge in [-0.2, -0.15) is 0 Å². The first-order valence-electron chi connectivity index (χ1n) is 6.94. The average molecular weight is 288 g/mol. The van der Waals surface area contributed by atoms with Crippen LogP contribution in [-0.2, 0) is 0 Å². The van der Waals surface area contributed by atoms with Crippen LogP contribution in [0.25, 0.3) is 11.4 Å². The first-order chi connectivity index (χ1) is 10.1. The average Bonchev–Trinajstić information content (AvgIpc) is 2.86. The summed E-state index contributed by atoms with van der Waals surface area (Å²) in [5.41, 5.74) is 2.38. The number of alkyl halides is 2. The van der Waals surface area contributed by atoms with Crippen molar-refractivity contribution in [1.82, 2.24) is 15.0 Å². The molecule has 0 N–H and O–H groups in total. The molecule has 1 aliphatic carbocycles. The predicted molar refractivity (Wildman–Crippen MR) is 74.1 cm³/mol. The van der Waals surface area contributed by atoms with E-state index in [0.717, 1.165) is 11.4 Å². The zero-order valence-electron chi connectivity index (χ0n) is 11.5. The van der Waals surface area contributed by atoms with Crippen LogP contribution in [0.4, 0.5) is 14.6 Å². The molecule has 0 radical (unpaired) electrons. The second kappa shape index (κ2) is 4.19. The van der Waals surface area contributed by atoms with Crippen molar-refractivity contribution in [1.29, 1.82) is 0 Å². The highest BCUT2D eigenvalue weighted by Crippen LogP contribution is 2.59. The smallest absolute Gasteiger partial charge is 0.258 e. The number of nitrogens with zero attached hydrogens (tertiary/aromatic N) is 4. The molecule has 0 spiro atoms. The quantitative estimate of drug-likeness (QED) is 0.851. The third-order valence-corrected chi connectivity index (χ3v) is 4.31. The molecule has 1 aliphatic heterocycles. The van der Waals surface area contributed by atoms with Crippen molar-refractivity contribution >= 4 is 5.82 Å². The van der Waals surface area contributed by atoms with E-state index in [2.05, 4.69) is 15.0 Å². The van der Waals surface area contributed by atoms with Crippen LogP contribution in [0.5, 0.6) is 0 Å². The monoisotopic (exact) mass is 288 g/mol. The SMILES string of the molecule is Cc1cccc(-c2cnc(N3CC4C(C3)C4(F)F)cn2)n1. The van der Waals surface area contributed by atoms with E-state index in [1.54, 1.807) is 12.4 Å². The van der Waals surface area contributed by atoms with Crippen LogP contribution in [0.1, 0.15) is 5.69 Å². The van der Waals surface area contributed by atoms with Crippen LogP contribution in [0.2, 0.25) is 0 Å². The summed E-state index contributed by atoms with van der Waals surface area (Å²) >= 11 is 0.